The van der Waals surface area contributed by atoms with E-state index < -0.39 is 0 Å². The molecular weight excluding hydrogens is 551 g/mol. The average molecular weight is 575 g/mol. The minimum atomic E-state index is 0.315. The first-order valence-corrected chi connectivity index (χ1v) is 12.4. The third-order valence-electron chi connectivity index (χ3n) is 5.51. The molecule has 0 saturated carbocycles. The number of hydrogen-bond donors (Lipinski definition) is 0. The summed E-state index contributed by atoms with van der Waals surface area (Å²) in [5.74, 6) is 1.21. The molecule has 0 aliphatic heterocycles. The second-order valence-electron chi connectivity index (χ2n) is 8.30. The van der Waals surface area contributed by atoms with Gasteiger partial charge in [-0.25, -0.2) is 0 Å². The molecule has 0 saturated heterocycles. The van der Waals surface area contributed by atoms with Crippen LogP contribution in [-0.2, 0) is 0 Å². The van der Waals surface area contributed by atoms with Gasteiger partial charge in [0, 0.05) is 34.5 Å². The van der Waals surface area contributed by atoms with E-state index in [2.05, 4.69) is 87.1 Å². The Labute approximate surface area is 217 Å². The van der Waals surface area contributed by atoms with Crippen LogP contribution in [0.4, 0.5) is 0 Å². The van der Waals surface area contributed by atoms with Crippen LogP contribution in [0.2, 0.25) is 0 Å². The van der Waals surface area contributed by atoms with E-state index in [1.165, 1.54) is 11.8 Å². The second kappa shape index (κ2) is 11.2. The summed E-state index contributed by atoms with van der Waals surface area (Å²) < 4.78 is 7.29. The maximum absolute atomic E-state index is 11.1. The van der Waals surface area contributed by atoms with Gasteiger partial charge in [-0.15, -0.1) is 0 Å². The highest BCUT2D eigenvalue weighted by atomic mass is 127. The Kier molecular flexibility index (Phi) is 7.87. The highest BCUT2D eigenvalue weighted by molar-refractivity contribution is 14.1. The van der Waals surface area contributed by atoms with Crippen LogP contribution in [0.3, 0.4) is 0 Å². The molecule has 6 nitrogen and oxygen atoms in total. The fraction of sp³-hybridized carbons (Fsp3) is 0.143. The lowest BCUT2D eigenvalue weighted by Crippen LogP contribution is -1.94. The molecule has 0 bridgehead atoms. The monoisotopic (exact) mass is 575 g/mol. The smallest absolute Gasteiger partial charge is 0.258 e. The van der Waals surface area contributed by atoms with Gasteiger partial charge in [-0.1, -0.05) is 78.0 Å². The molecular formula is C28H24IN4O2-. The summed E-state index contributed by atoms with van der Waals surface area (Å²) in [4.78, 5) is 9.05. The van der Waals surface area contributed by atoms with Crippen molar-refractivity contribution >= 4 is 51.4 Å². The molecule has 35 heavy (non-hydrogen) atoms. The van der Waals surface area contributed by atoms with E-state index in [1.54, 1.807) is 13.0 Å². The Bertz CT molecular complexity index is 1460. The van der Waals surface area contributed by atoms with E-state index in [9.17, 15) is 5.21 Å². The molecule has 0 amide bonds. The van der Waals surface area contributed by atoms with Crippen molar-refractivity contribution in [1.29, 1.82) is 0 Å². The number of nitrogens with zero attached hydrogens (tertiary/aromatic N) is 4. The van der Waals surface area contributed by atoms with Crippen LogP contribution < -0.4 is 0 Å². The number of rotatable bonds is 7. The molecule has 0 radical (unpaired) electrons. The van der Waals surface area contributed by atoms with Gasteiger partial charge in [0.15, 0.2) is 5.82 Å². The van der Waals surface area contributed by atoms with Gasteiger partial charge in [-0.05, 0) is 64.0 Å². The number of fused-ring (bicyclic) bond motifs is 1. The standard InChI is InChI=1S/C28H25IN4O2/c1-18(2)24-15-22-10-6-12-30-27(22)25(16-24)21-8-4-7-20(13-21)14-26(28-32-19(3)33-35-28)23(17-31-34)9-5-11-29/h4-18,34H,1-3H3/p-1/b11-5-,23-9+,26-14-,31-17+. The number of aryl methyl sites for hydroxylation is 1. The minimum Gasteiger partial charge on any atom is -0.792 e. The number of allylic oxidation sites excluding steroid dienone is 4. The van der Waals surface area contributed by atoms with E-state index in [4.69, 9.17) is 4.52 Å². The third-order valence-corrected chi connectivity index (χ3v) is 5.93. The molecule has 0 spiro atoms. The SMILES string of the molecule is Cc1noc(C(=C\c2cccc(-c3cc(C(C)C)cc4cccnc34)c2)/C(=C/C=C\I)/C=N/[O-])n1. The first kappa shape index (κ1) is 24.5. The molecule has 2 aromatic carbocycles. The van der Waals surface area contributed by atoms with Crippen LogP contribution in [0, 0.1) is 12.1 Å². The first-order valence-electron chi connectivity index (χ1n) is 11.1. The van der Waals surface area contributed by atoms with Crippen molar-refractivity contribution in [3.05, 3.63) is 105 Å². The van der Waals surface area contributed by atoms with Gasteiger partial charge in [0.2, 0.25) is 0 Å². The zero-order chi connectivity index (χ0) is 24.8. The van der Waals surface area contributed by atoms with Crippen LogP contribution >= 0.6 is 22.6 Å². The second-order valence-corrected chi connectivity index (χ2v) is 9.02. The molecule has 0 unspecified atom stereocenters. The molecule has 176 valence electrons. The van der Waals surface area contributed by atoms with Crippen molar-refractivity contribution in [2.24, 2.45) is 5.16 Å². The zero-order valence-electron chi connectivity index (χ0n) is 19.6. The number of halogens is 1. The Hall–Kier alpha value is -3.59. The molecule has 0 atom stereocenters. The lowest BCUT2D eigenvalue weighted by Gasteiger charge is -2.13. The average Bonchev–Trinajstić information content (AvgIpc) is 3.30. The third kappa shape index (κ3) is 5.74. The number of hydrogen-bond acceptors (Lipinski definition) is 6. The van der Waals surface area contributed by atoms with E-state index >= 15 is 0 Å². The highest BCUT2D eigenvalue weighted by Crippen LogP contribution is 2.33. The molecule has 2 heterocycles. The van der Waals surface area contributed by atoms with Crippen molar-refractivity contribution < 1.29 is 4.52 Å². The highest BCUT2D eigenvalue weighted by Gasteiger charge is 2.15. The first-order chi connectivity index (χ1) is 17.0. The van der Waals surface area contributed by atoms with E-state index in [-0.39, 0.29) is 0 Å². The molecule has 0 aliphatic rings. The summed E-state index contributed by atoms with van der Waals surface area (Å²) in [6.07, 6.45) is 8.59. The van der Waals surface area contributed by atoms with Crippen LogP contribution in [0.25, 0.3) is 33.7 Å². The number of aromatic nitrogens is 3. The van der Waals surface area contributed by atoms with Gasteiger partial charge in [-0.2, -0.15) is 4.98 Å². The van der Waals surface area contributed by atoms with Crippen LogP contribution in [-0.4, -0.2) is 21.3 Å². The molecule has 0 N–H and O–H groups in total. The largest absolute Gasteiger partial charge is 0.792 e. The lowest BCUT2D eigenvalue weighted by molar-refractivity contribution is 0.403. The minimum absolute atomic E-state index is 0.315. The van der Waals surface area contributed by atoms with Gasteiger partial charge < -0.3 is 14.9 Å². The molecule has 2 aromatic heterocycles. The number of pyridine rings is 1. The summed E-state index contributed by atoms with van der Waals surface area (Å²) in [7, 11) is 0. The summed E-state index contributed by atoms with van der Waals surface area (Å²) >= 11 is 2.12. The van der Waals surface area contributed by atoms with Gasteiger partial charge in [0.05, 0.1) is 5.52 Å². The van der Waals surface area contributed by atoms with Gasteiger partial charge >= 0.3 is 0 Å². The maximum atomic E-state index is 11.1. The fourth-order valence-corrected chi connectivity index (χ4v) is 4.01. The Morgan fingerprint density at radius 3 is 2.71 bits per heavy atom. The summed E-state index contributed by atoms with van der Waals surface area (Å²) in [5.41, 5.74) is 6.41. The molecule has 0 fully saturated rings. The maximum Gasteiger partial charge on any atom is 0.258 e. The van der Waals surface area contributed by atoms with Crippen molar-refractivity contribution in [2.75, 3.05) is 0 Å². The Balaban J connectivity index is 1.89. The van der Waals surface area contributed by atoms with Crippen LogP contribution in [0.15, 0.2) is 86.2 Å². The van der Waals surface area contributed by atoms with Gasteiger partial charge in [-0.3, -0.25) is 4.98 Å². The quantitative estimate of drug-likeness (QED) is 0.0976. The van der Waals surface area contributed by atoms with Crippen LogP contribution in [0.1, 0.15) is 42.6 Å². The molecule has 4 rings (SSSR count). The zero-order valence-corrected chi connectivity index (χ0v) is 21.8. The van der Waals surface area contributed by atoms with Crippen molar-refractivity contribution in [2.45, 2.75) is 26.7 Å². The predicted octanol–water partition coefficient (Wildman–Crippen LogP) is 7.70. The molecule has 4 aromatic rings. The number of benzene rings is 2. The summed E-state index contributed by atoms with van der Waals surface area (Å²) in [6.45, 7) is 6.13. The van der Waals surface area contributed by atoms with E-state index in [0.29, 0.717) is 28.8 Å². The van der Waals surface area contributed by atoms with Gasteiger partial charge in [0.25, 0.3) is 5.89 Å². The molecule has 7 heteroatoms. The Morgan fingerprint density at radius 2 is 2.00 bits per heavy atom. The van der Waals surface area contributed by atoms with Crippen molar-refractivity contribution in [3.8, 4) is 11.1 Å². The fourth-order valence-electron chi connectivity index (χ4n) is 3.81. The Morgan fingerprint density at radius 1 is 1.14 bits per heavy atom. The predicted molar refractivity (Wildman–Crippen MR) is 151 cm³/mol. The lowest BCUT2D eigenvalue weighted by atomic mass is 9.93. The van der Waals surface area contributed by atoms with Crippen molar-refractivity contribution in [1.82, 2.24) is 15.1 Å². The molecule has 0 aliphatic carbocycles. The normalized spacial score (nSPS) is 13.1. The van der Waals surface area contributed by atoms with Crippen molar-refractivity contribution in [3.63, 3.8) is 0 Å². The topological polar surface area (TPSA) is 87.2 Å². The van der Waals surface area contributed by atoms with E-state index in [0.717, 1.165) is 27.6 Å². The van der Waals surface area contributed by atoms with E-state index in [1.807, 2.05) is 40.6 Å². The summed E-state index contributed by atoms with van der Waals surface area (Å²) in [6, 6.07) is 16.6. The van der Waals surface area contributed by atoms with Crippen LogP contribution in [0.5, 0.6) is 0 Å². The summed E-state index contributed by atoms with van der Waals surface area (Å²) in [5, 5.41) is 19.2. The van der Waals surface area contributed by atoms with Gasteiger partial charge in [0.1, 0.15) is 0 Å².